The lowest BCUT2D eigenvalue weighted by Crippen LogP contribution is -2.36. The minimum atomic E-state index is -1.33. The van der Waals surface area contributed by atoms with Crippen molar-refractivity contribution in [2.24, 2.45) is 0 Å². The van der Waals surface area contributed by atoms with Gasteiger partial charge in [0.2, 0.25) is 6.79 Å². The summed E-state index contributed by atoms with van der Waals surface area (Å²) in [7, 11) is -1.33. The lowest BCUT2D eigenvalue weighted by Gasteiger charge is -2.24. The van der Waals surface area contributed by atoms with E-state index in [4.69, 9.17) is 21.1 Å². The lowest BCUT2D eigenvalue weighted by atomic mass is 9.89. The highest BCUT2D eigenvalue weighted by Crippen LogP contribution is 2.51. The Morgan fingerprint density at radius 3 is 2.66 bits per heavy atom. The van der Waals surface area contributed by atoms with Crippen LogP contribution in [0.15, 0.2) is 48.7 Å². The fraction of sp³-hybridized carbons (Fsp3) is 0.385. The molecule has 1 aromatic heterocycles. The highest BCUT2D eigenvalue weighted by atomic mass is 35.5. The summed E-state index contributed by atoms with van der Waals surface area (Å²) in [6.07, 6.45) is 3.64. The molecule has 2 aromatic carbocycles. The Hall–Kier alpha value is -2.26. The topological polar surface area (TPSA) is 77.5 Å². The van der Waals surface area contributed by atoms with E-state index in [0.717, 1.165) is 33.9 Å². The van der Waals surface area contributed by atoms with Crippen LogP contribution in [0.5, 0.6) is 11.5 Å². The molecule has 3 aromatic rings. The molecule has 0 amide bonds. The summed E-state index contributed by atoms with van der Waals surface area (Å²) in [4.78, 5) is 18.9. The summed E-state index contributed by atoms with van der Waals surface area (Å²) in [5.41, 5.74) is 1.31. The SMILES string of the molecule is CC(C)(C)[S@@](=O)N[C@@H](c1cnc(CC(=O)C2(c3ccc4c(c3)OCO4)CC2)s1)c1ccccc1Cl. The van der Waals surface area contributed by atoms with Gasteiger partial charge in [-0.15, -0.1) is 11.3 Å². The van der Waals surface area contributed by atoms with Crippen LogP contribution in [-0.4, -0.2) is 26.5 Å². The molecular formula is C26H27ClN2O4S2. The molecule has 0 bridgehead atoms. The molecule has 1 saturated carbocycles. The van der Waals surface area contributed by atoms with Gasteiger partial charge in [0.25, 0.3) is 0 Å². The van der Waals surface area contributed by atoms with Crippen LogP contribution in [0.4, 0.5) is 0 Å². The number of ether oxygens (including phenoxy) is 2. The summed E-state index contributed by atoms with van der Waals surface area (Å²) < 4.78 is 26.7. The van der Waals surface area contributed by atoms with Crippen LogP contribution in [0.3, 0.4) is 0 Å². The summed E-state index contributed by atoms with van der Waals surface area (Å²) in [5, 5.41) is 1.32. The van der Waals surface area contributed by atoms with Gasteiger partial charge in [0.1, 0.15) is 10.8 Å². The number of hydrogen-bond acceptors (Lipinski definition) is 6. The molecule has 2 heterocycles. The highest BCUT2D eigenvalue weighted by molar-refractivity contribution is 7.84. The van der Waals surface area contributed by atoms with Crippen molar-refractivity contribution in [1.82, 2.24) is 9.71 Å². The van der Waals surface area contributed by atoms with Crippen LogP contribution in [0, 0.1) is 0 Å². The molecule has 2 aliphatic rings. The van der Waals surface area contributed by atoms with Crippen molar-refractivity contribution in [2.45, 2.75) is 56.2 Å². The van der Waals surface area contributed by atoms with E-state index >= 15 is 0 Å². The quantitative estimate of drug-likeness (QED) is 0.415. The third kappa shape index (κ3) is 4.89. The zero-order chi connectivity index (χ0) is 24.8. The molecule has 1 fully saturated rings. The van der Waals surface area contributed by atoms with Gasteiger partial charge < -0.3 is 9.47 Å². The van der Waals surface area contributed by atoms with E-state index in [1.54, 1.807) is 6.20 Å². The van der Waals surface area contributed by atoms with E-state index in [1.165, 1.54) is 11.3 Å². The zero-order valence-electron chi connectivity index (χ0n) is 19.8. The van der Waals surface area contributed by atoms with Crippen LogP contribution in [-0.2, 0) is 27.6 Å². The zero-order valence-corrected chi connectivity index (χ0v) is 22.2. The maximum absolute atomic E-state index is 13.4. The number of carbonyl (C=O) groups is 1. The summed E-state index contributed by atoms with van der Waals surface area (Å²) >= 11 is 7.96. The second-order valence-electron chi connectivity index (χ2n) is 9.86. The highest BCUT2D eigenvalue weighted by Gasteiger charge is 2.51. The number of thiazole rings is 1. The summed E-state index contributed by atoms with van der Waals surface area (Å²) in [5.74, 6) is 1.56. The third-order valence-corrected chi connectivity index (χ3v) is 9.34. The molecule has 0 radical (unpaired) electrons. The van der Waals surface area contributed by atoms with Crippen molar-refractivity contribution < 1.29 is 18.5 Å². The Kier molecular flexibility index (Phi) is 6.50. The first-order valence-corrected chi connectivity index (χ1v) is 13.8. The first-order chi connectivity index (χ1) is 16.7. The van der Waals surface area contributed by atoms with Crippen LogP contribution < -0.4 is 14.2 Å². The Labute approximate surface area is 216 Å². The molecule has 6 nitrogen and oxygen atoms in total. The largest absolute Gasteiger partial charge is 0.454 e. The van der Waals surface area contributed by atoms with E-state index in [1.807, 2.05) is 63.2 Å². The van der Waals surface area contributed by atoms with Crippen molar-refractivity contribution in [3.63, 3.8) is 0 Å². The molecule has 1 N–H and O–H groups in total. The van der Waals surface area contributed by atoms with Crippen LogP contribution in [0.25, 0.3) is 0 Å². The minimum Gasteiger partial charge on any atom is -0.454 e. The van der Waals surface area contributed by atoms with E-state index < -0.39 is 27.2 Å². The van der Waals surface area contributed by atoms with Crippen LogP contribution in [0.2, 0.25) is 5.02 Å². The van der Waals surface area contributed by atoms with Gasteiger partial charge in [-0.1, -0.05) is 35.9 Å². The number of benzene rings is 2. The maximum Gasteiger partial charge on any atom is 0.231 e. The number of fused-ring (bicyclic) bond motifs is 1. The van der Waals surface area contributed by atoms with E-state index in [2.05, 4.69) is 9.71 Å². The van der Waals surface area contributed by atoms with Gasteiger partial charge in [-0.2, -0.15) is 0 Å². The number of Topliss-reactive ketones (excluding diaryl/α,β-unsaturated/α-hetero) is 1. The van der Waals surface area contributed by atoms with Gasteiger partial charge in [-0.3, -0.25) is 4.79 Å². The number of aromatic nitrogens is 1. The number of halogens is 1. The Morgan fingerprint density at radius 2 is 1.94 bits per heavy atom. The van der Waals surface area contributed by atoms with E-state index in [0.29, 0.717) is 16.5 Å². The maximum atomic E-state index is 13.4. The monoisotopic (exact) mass is 530 g/mol. The van der Waals surface area contributed by atoms with Gasteiger partial charge in [-0.05, 0) is 62.9 Å². The Balaban J connectivity index is 1.38. The van der Waals surface area contributed by atoms with Crippen molar-refractivity contribution in [3.05, 3.63) is 74.7 Å². The summed E-state index contributed by atoms with van der Waals surface area (Å²) in [6, 6.07) is 12.9. The first-order valence-electron chi connectivity index (χ1n) is 11.5. The van der Waals surface area contributed by atoms with Crippen molar-refractivity contribution in [3.8, 4) is 11.5 Å². The molecular weight excluding hydrogens is 504 g/mol. The van der Waals surface area contributed by atoms with Crippen molar-refractivity contribution >= 4 is 39.7 Å². The van der Waals surface area contributed by atoms with E-state index in [9.17, 15) is 9.00 Å². The minimum absolute atomic E-state index is 0.151. The molecule has 0 unspecified atom stereocenters. The molecule has 5 rings (SSSR count). The standard InChI is InChI=1S/C26H27ClN2O4S2/c1-25(2,3)35(31)29-24(17-6-4-5-7-18(17)27)21-14-28-23(34-21)13-22(30)26(10-11-26)16-8-9-19-20(12-16)33-15-32-19/h4-9,12,14,24,29H,10-11,13,15H2,1-3H3/t24-,35-/m1/s1. The number of hydrogen-bond donors (Lipinski definition) is 1. The van der Waals surface area contributed by atoms with Gasteiger partial charge in [0.05, 0.1) is 33.6 Å². The van der Waals surface area contributed by atoms with Crippen molar-refractivity contribution in [2.75, 3.05) is 6.79 Å². The summed E-state index contributed by atoms with van der Waals surface area (Å²) in [6.45, 7) is 5.97. The number of ketones is 1. The van der Waals surface area contributed by atoms with Crippen LogP contribution in [0.1, 0.15) is 60.7 Å². The average molecular weight is 531 g/mol. The second kappa shape index (κ2) is 9.32. The number of nitrogens with zero attached hydrogens (tertiary/aromatic N) is 1. The molecule has 2 atom stereocenters. The molecule has 0 saturated heterocycles. The van der Waals surface area contributed by atoms with E-state index in [-0.39, 0.29) is 19.0 Å². The molecule has 9 heteroatoms. The number of nitrogens with one attached hydrogen (secondary N) is 1. The fourth-order valence-corrected chi connectivity index (χ4v) is 6.29. The van der Waals surface area contributed by atoms with Gasteiger partial charge >= 0.3 is 0 Å². The number of rotatable bonds is 8. The second-order valence-corrected chi connectivity index (χ2v) is 13.4. The normalized spacial score (nSPS) is 17.7. The molecule has 0 spiro atoms. The first kappa shape index (κ1) is 24.4. The Bertz CT molecular complexity index is 1300. The fourth-order valence-electron chi connectivity index (χ4n) is 4.16. The average Bonchev–Trinajstić information content (AvgIpc) is 3.28. The third-order valence-electron chi connectivity index (χ3n) is 6.37. The lowest BCUT2D eigenvalue weighted by molar-refractivity contribution is -0.120. The van der Waals surface area contributed by atoms with Crippen LogP contribution >= 0.6 is 22.9 Å². The Morgan fingerprint density at radius 1 is 1.20 bits per heavy atom. The molecule has 1 aliphatic heterocycles. The number of carbonyl (C=O) groups excluding carboxylic acids is 1. The predicted octanol–water partition coefficient (Wildman–Crippen LogP) is 5.51. The molecule has 184 valence electrons. The predicted molar refractivity (Wildman–Crippen MR) is 139 cm³/mol. The molecule has 35 heavy (non-hydrogen) atoms. The molecule has 1 aliphatic carbocycles. The van der Waals surface area contributed by atoms with Crippen molar-refractivity contribution in [1.29, 1.82) is 0 Å². The van der Waals surface area contributed by atoms with Gasteiger partial charge in [0, 0.05) is 16.1 Å². The van der Waals surface area contributed by atoms with Gasteiger partial charge in [0.15, 0.2) is 11.5 Å². The smallest absolute Gasteiger partial charge is 0.231 e. The van der Waals surface area contributed by atoms with Gasteiger partial charge in [-0.25, -0.2) is 13.9 Å².